The topological polar surface area (TPSA) is 67.0 Å². The van der Waals surface area contributed by atoms with Gasteiger partial charge < -0.3 is 15.0 Å². The molecule has 0 bridgehead atoms. The fourth-order valence-electron chi connectivity index (χ4n) is 1.87. The van der Waals surface area contributed by atoms with Crippen molar-refractivity contribution >= 4 is 16.9 Å². The fraction of sp³-hybridized carbons (Fsp3) is 0.333. The summed E-state index contributed by atoms with van der Waals surface area (Å²) in [5.74, 6) is 0.688. The molecule has 1 amide bonds. The molecule has 0 fully saturated rings. The number of hydrogen-bond acceptors (Lipinski definition) is 3. The number of ether oxygens (including phenoxy) is 1. The van der Waals surface area contributed by atoms with Gasteiger partial charge >= 0.3 is 0 Å². The van der Waals surface area contributed by atoms with E-state index in [2.05, 4.69) is 15.3 Å². The van der Waals surface area contributed by atoms with Gasteiger partial charge in [0.15, 0.2) is 0 Å². The van der Waals surface area contributed by atoms with E-state index in [1.54, 1.807) is 13.4 Å². The van der Waals surface area contributed by atoms with Crippen molar-refractivity contribution in [3.05, 3.63) is 23.5 Å². The van der Waals surface area contributed by atoms with Crippen molar-refractivity contribution in [2.75, 3.05) is 7.11 Å². The molecule has 1 aromatic heterocycles. The zero-order chi connectivity index (χ0) is 12.4. The molecule has 0 aliphatic rings. The second-order valence-electron chi connectivity index (χ2n) is 3.91. The van der Waals surface area contributed by atoms with E-state index in [-0.39, 0.29) is 5.91 Å². The van der Waals surface area contributed by atoms with Gasteiger partial charge in [0.25, 0.3) is 0 Å². The first-order chi connectivity index (χ1) is 8.13. The third-order valence-electron chi connectivity index (χ3n) is 2.69. The van der Waals surface area contributed by atoms with Crippen molar-refractivity contribution in [3.63, 3.8) is 0 Å². The predicted octanol–water partition coefficient (Wildman–Crippen LogP) is 1.52. The maximum atomic E-state index is 11.0. The molecule has 0 aliphatic carbocycles. The fourth-order valence-corrected chi connectivity index (χ4v) is 1.87. The van der Waals surface area contributed by atoms with E-state index in [0.717, 1.165) is 27.9 Å². The molecule has 90 valence electrons. The Kier molecular flexibility index (Phi) is 2.99. The summed E-state index contributed by atoms with van der Waals surface area (Å²) in [5.41, 5.74) is 3.78. The molecular weight excluding hydrogens is 218 g/mol. The SMILES string of the molecule is COc1cc(C)c2nc[nH]c2c1CNC(C)=O. The summed E-state index contributed by atoms with van der Waals surface area (Å²) in [6.45, 7) is 3.90. The lowest BCUT2D eigenvalue weighted by molar-refractivity contribution is -0.119. The van der Waals surface area contributed by atoms with E-state index < -0.39 is 0 Å². The number of nitrogens with one attached hydrogen (secondary N) is 2. The Balaban J connectivity index is 2.53. The smallest absolute Gasteiger partial charge is 0.217 e. The van der Waals surface area contributed by atoms with Gasteiger partial charge in [0.1, 0.15) is 5.75 Å². The number of amides is 1. The highest BCUT2D eigenvalue weighted by Crippen LogP contribution is 2.28. The number of fused-ring (bicyclic) bond motifs is 1. The van der Waals surface area contributed by atoms with Gasteiger partial charge in [-0.3, -0.25) is 4.79 Å². The van der Waals surface area contributed by atoms with Crippen LogP contribution in [-0.2, 0) is 11.3 Å². The average molecular weight is 233 g/mol. The number of methoxy groups -OCH3 is 1. The minimum absolute atomic E-state index is 0.0692. The molecule has 5 heteroatoms. The first-order valence-corrected chi connectivity index (χ1v) is 5.37. The Bertz CT molecular complexity index is 560. The number of nitrogens with zero attached hydrogens (tertiary/aromatic N) is 1. The second kappa shape index (κ2) is 4.45. The Morgan fingerprint density at radius 2 is 2.35 bits per heavy atom. The lowest BCUT2D eigenvalue weighted by atomic mass is 10.1. The number of aromatic nitrogens is 2. The molecular formula is C12H15N3O2. The molecule has 2 aromatic rings. The van der Waals surface area contributed by atoms with Gasteiger partial charge in [-0.05, 0) is 18.6 Å². The standard InChI is InChI=1S/C12H15N3O2/c1-7-4-10(17-3)9(5-13-8(2)16)12-11(7)14-6-15-12/h4,6H,5H2,1-3H3,(H,13,16)(H,14,15). The van der Waals surface area contributed by atoms with Gasteiger partial charge in [0.2, 0.25) is 5.91 Å². The van der Waals surface area contributed by atoms with Crippen LogP contribution in [0.5, 0.6) is 5.75 Å². The largest absolute Gasteiger partial charge is 0.496 e. The maximum absolute atomic E-state index is 11.0. The molecule has 17 heavy (non-hydrogen) atoms. The van der Waals surface area contributed by atoms with E-state index in [1.165, 1.54) is 6.92 Å². The number of imidazole rings is 1. The van der Waals surface area contributed by atoms with Crippen molar-refractivity contribution in [2.24, 2.45) is 0 Å². The minimum atomic E-state index is -0.0692. The Hall–Kier alpha value is -2.04. The monoisotopic (exact) mass is 233 g/mol. The zero-order valence-corrected chi connectivity index (χ0v) is 10.1. The van der Waals surface area contributed by atoms with E-state index in [9.17, 15) is 4.79 Å². The molecule has 0 aliphatic heterocycles. The van der Waals surface area contributed by atoms with Gasteiger partial charge in [0, 0.05) is 19.0 Å². The molecule has 1 aromatic carbocycles. The van der Waals surface area contributed by atoms with Crippen molar-refractivity contribution < 1.29 is 9.53 Å². The first-order valence-electron chi connectivity index (χ1n) is 5.37. The van der Waals surface area contributed by atoms with Crippen LogP contribution >= 0.6 is 0 Å². The van der Waals surface area contributed by atoms with Crippen molar-refractivity contribution in [3.8, 4) is 5.75 Å². The molecule has 0 atom stereocenters. The normalized spacial score (nSPS) is 10.5. The molecule has 0 saturated carbocycles. The number of carbonyl (C=O) groups excluding carboxylic acids is 1. The van der Waals surface area contributed by atoms with Gasteiger partial charge in [-0.15, -0.1) is 0 Å². The van der Waals surface area contributed by atoms with Gasteiger partial charge in [-0.2, -0.15) is 0 Å². The van der Waals surface area contributed by atoms with Crippen molar-refractivity contribution in [2.45, 2.75) is 20.4 Å². The van der Waals surface area contributed by atoms with E-state index in [4.69, 9.17) is 4.74 Å². The van der Waals surface area contributed by atoms with E-state index >= 15 is 0 Å². The second-order valence-corrected chi connectivity index (χ2v) is 3.91. The highest BCUT2D eigenvalue weighted by Gasteiger charge is 2.13. The zero-order valence-electron chi connectivity index (χ0n) is 10.1. The summed E-state index contributed by atoms with van der Waals surface area (Å²) in [6, 6.07) is 1.93. The highest BCUT2D eigenvalue weighted by atomic mass is 16.5. The van der Waals surface area contributed by atoms with Crippen LogP contribution in [-0.4, -0.2) is 23.0 Å². The van der Waals surface area contributed by atoms with Crippen molar-refractivity contribution in [1.82, 2.24) is 15.3 Å². The number of aromatic amines is 1. The predicted molar refractivity (Wildman–Crippen MR) is 64.9 cm³/mol. The van der Waals surface area contributed by atoms with Gasteiger partial charge in [0.05, 0.1) is 24.5 Å². The van der Waals surface area contributed by atoms with E-state index in [1.807, 2.05) is 13.0 Å². The number of H-pyrrole nitrogens is 1. The van der Waals surface area contributed by atoms with Crippen LogP contribution in [0.15, 0.2) is 12.4 Å². The molecule has 1 heterocycles. The number of carbonyl (C=O) groups is 1. The molecule has 5 nitrogen and oxygen atoms in total. The van der Waals surface area contributed by atoms with Gasteiger partial charge in [-0.25, -0.2) is 4.98 Å². The molecule has 2 N–H and O–H groups in total. The van der Waals surface area contributed by atoms with Gasteiger partial charge in [-0.1, -0.05) is 0 Å². The summed E-state index contributed by atoms with van der Waals surface area (Å²) in [7, 11) is 1.62. The van der Waals surface area contributed by atoms with Crippen LogP contribution < -0.4 is 10.1 Å². The molecule has 0 radical (unpaired) electrons. The summed E-state index contributed by atoms with van der Waals surface area (Å²) in [4.78, 5) is 18.3. The number of hydrogen-bond donors (Lipinski definition) is 2. The van der Waals surface area contributed by atoms with Crippen LogP contribution in [0.1, 0.15) is 18.1 Å². The van der Waals surface area contributed by atoms with Crippen LogP contribution in [0.2, 0.25) is 0 Å². The summed E-state index contributed by atoms with van der Waals surface area (Å²) >= 11 is 0. The Labute approximate surface area is 99.2 Å². The Morgan fingerprint density at radius 3 is 3.00 bits per heavy atom. The van der Waals surface area contributed by atoms with E-state index in [0.29, 0.717) is 6.54 Å². The van der Waals surface area contributed by atoms with Crippen molar-refractivity contribution in [1.29, 1.82) is 0 Å². The van der Waals surface area contributed by atoms with Crippen LogP contribution in [0.3, 0.4) is 0 Å². The molecule has 0 saturated heterocycles. The summed E-state index contributed by atoms with van der Waals surface area (Å²) < 4.78 is 5.34. The maximum Gasteiger partial charge on any atom is 0.217 e. The minimum Gasteiger partial charge on any atom is -0.496 e. The quantitative estimate of drug-likeness (QED) is 0.844. The lowest BCUT2D eigenvalue weighted by Gasteiger charge is -2.11. The number of aryl methyl sites for hydroxylation is 1. The number of rotatable bonds is 3. The number of benzene rings is 1. The lowest BCUT2D eigenvalue weighted by Crippen LogP contribution is -2.19. The summed E-state index contributed by atoms with van der Waals surface area (Å²) in [6.07, 6.45) is 1.65. The van der Waals surface area contributed by atoms with Crippen LogP contribution in [0.25, 0.3) is 11.0 Å². The first kappa shape index (κ1) is 11.4. The third-order valence-corrected chi connectivity index (χ3v) is 2.69. The van der Waals surface area contributed by atoms with Crippen LogP contribution in [0.4, 0.5) is 0 Å². The van der Waals surface area contributed by atoms with Crippen LogP contribution in [0, 0.1) is 6.92 Å². The average Bonchev–Trinajstić information content (AvgIpc) is 2.76. The molecule has 0 unspecified atom stereocenters. The Morgan fingerprint density at radius 1 is 1.59 bits per heavy atom. The highest BCUT2D eigenvalue weighted by molar-refractivity contribution is 5.84. The molecule has 2 rings (SSSR count). The molecule has 0 spiro atoms. The summed E-state index contributed by atoms with van der Waals surface area (Å²) in [5, 5.41) is 2.77. The third kappa shape index (κ3) is 2.08.